The number of nitrogens with one attached hydrogen (secondary N) is 1. The summed E-state index contributed by atoms with van der Waals surface area (Å²) in [7, 11) is 0. The lowest BCUT2D eigenvalue weighted by Gasteiger charge is -2.26. The van der Waals surface area contributed by atoms with Crippen LogP contribution in [0.3, 0.4) is 0 Å². The Morgan fingerprint density at radius 1 is 1.28 bits per heavy atom. The van der Waals surface area contributed by atoms with E-state index in [1.165, 1.54) is 11.0 Å². The second kappa shape index (κ2) is 8.02. The van der Waals surface area contributed by atoms with Crippen LogP contribution in [0.1, 0.15) is 18.4 Å². The quantitative estimate of drug-likeness (QED) is 0.900. The Balaban J connectivity index is 1.76. The number of aromatic nitrogens is 1. The lowest BCUT2D eigenvalue weighted by atomic mass is 10.2. The molecule has 0 spiro atoms. The van der Waals surface area contributed by atoms with Crippen molar-refractivity contribution in [1.82, 2.24) is 9.88 Å². The summed E-state index contributed by atoms with van der Waals surface area (Å²) in [6.07, 6.45) is 5.01. The van der Waals surface area contributed by atoms with E-state index in [1.54, 1.807) is 18.5 Å². The van der Waals surface area contributed by atoms with Crippen molar-refractivity contribution < 1.29 is 18.3 Å². The summed E-state index contributed by atoms with van der Waals surface area (Å²) in [5, 5.41) is 2.33. The number of rotatable bonds is 5. The van der Waals surface area contributed by atoms with Gasteiger partial charge in [-0.25, -0.2) is 13.6 Å². The molecule has 2 aromatic rings. The van der Waals surface area contributed by atoms with Gasteiger partial charge in [-0.3, -0.25) is 4.98 Å². The fourth-order valence-corrected chi connectivity index (χ4v) is 2.77. The first-order chi connectivity index (χ1) is 12.1. The first-order valence-corrected chi connectivity index (χ1v) is 8.14. The minimum atomic E-state index is -0.813. The minimum Gasteiger partial charge on any atom is -0.376 e. The van der Waals surface area contributed by atoms with Gasteiger partial charge in [0, 0.05) is 32.1 Å². The van der Waals surface area contributed by atoms with Crippen molar-refractivity contribution >= 4 is 11.7 Å². The van der Waals surface area contributed by atoms with Gasteiger partial charge in [-0.05, 0) is 36.6 Å². The van der Waals surface area contributed by atoms with Crippen molar-refractivity contribution in [3.63, 3.8) is 0 Å². The molecule has 0 aliphatic carbocycles. The van der Waals surface area contributed by atoms with Gasteiger partial charge in [-0.15, -0.1) is 0 Å². The van der Waals surface area contributed by atoms with E-state index in [9.17, 15) is 13.6 Å². The molecule has 1 unspecified atom stereocenters. The third-order valence-electron chi connectivity index (χ3n) is 4.03. The number of anilines is 1. The van der Waals surface area contributed by atoms with Gasteiger partial charge in [-0.1, -0.05) is 12.1 Å². The van der Waals surface area contributed by atoms with Crippen LogP contribution >= 0.6 is 0 Å². The number of carbonyl (C=O) groups is 1. The van der Waals surface area contributed by atoms with E-state index >= 15 is 0 Å². The number of nitrogens with zero attached hydrogens (tertiary/aromatic N) is 2. The van der Waals surface area contributed by atoms with Crippen LogP contribution in [0.15, 0.2) is 42.7 Å². The minimum absolute atomic E-state index is 0.0760. The molecule has 132 valence electrons. The zero-order chi connectivity index (χ0) is 17.6. The number of urea groups is 1. The van der Waals surface area contributed by atoms with Gasteiger partial charge in [0.15, 0.2) is 0 Å². The van der Waals surface area contributed by atoms with Crippen LogP contribution in [0.4, 0.5) is 19.3 Å². The van der Waals surface area contributed by atoms with Gasteiger partial charge in [0.2, 0.25) is 0 Å². The average molecular weight is 347 g/mol. The van der Waals surface area contributed by atoms with Gasteiger partial charge in [0.25, 0.3) is 0 Å². The van der Waals surface area contributed by atoms with Crippen molar-refractivity contribution in [2.45, 2.75) is 25.5 Å². The van der Waals surface area contributed by atoms with Crippen molar-refractivity contribution in [3.05, 3.63) is 59.9 Å². The number of benzene rings is 1. The fourth-order valence-electron chi connectivity index (χ4n) is 2.77. The number of halogens is 2. The van der Waals surface area contributed by atoms with Crippen LogP contribution < -0.4 is 5.32 Å². The third kappa shape index (κ3) is 4.51. The zero-order valence-corrected chi connectivity index (χ0v) is 13.6. The van der Waals surface area contributed by atoms with Crippen LogP contribution in [0.5, 0.6) is 0 Å². The molecule has 1 N–H and O–H groups in total. The molecule has 3 rings (SSSR count). The fraction of sp³-hybridized carbons (Fsp3) is 0.333. The smallest absolute Gasteiger partial charge is 0.322 e. The van der Waals surface area contributed by atoms with Crippen molar-refractivity contribution in [1.29, 1.82) is 0 Å². The molecule has 2 heterocycles. The SMILES string of the molecule is O=C(Nc1c(F)cccc1F)N(Cc1cccnc1)CC1CCCO1. The highest BCUT2D eigenvalue weighted by Crippen LogP contribution is 2.20. The monoisotopic (exact) mass is 347 g/mol. The van der Waals surface area contributed by atoms with Gasteiger partial charge in [-0.2, -0.15) is 0 Å². The van der Waals surface area contributed by atoms with Gasteiger partial charge < -0.3 is 15.0 Å². The third-order valence-corrected chi connectivity index (χ3v) is 4.03. The Bertz CT molecular complexity index is 701. The van der Waals surface area contributed by atoms with E-state index in [0.717, 1.165) is 30.5 Å². The highest BCUT2D eigenvalue weighted by atomic mass is 19.1. The molecule has 1 aliphatic rings. The molecule has 1 atom stereocenters. The topological polar surface area (TPSA) is 54.5 Å². The second-order valence-corrected chi connectivity index (χ2v) is 5.90. The maximum atomic E-state index is 13.8. The molecule has 0 bridgehead atoms. The molecule has 5 nitrogen and oxygen atoms in total. The number of pyridine rings is 1. The normalized spacial score (nSPS) is 16.6. The number of hydrogen-bond donors (Lipinski definition) is 1. The Hall–Kier alpha value is -2.54. The van der Waals surface area contributed by atoms with E-state index in [0.29, 0.717) is 13.2 Å². The zero-order valence-electron chi connectivity index (χ0n) is 13.6. The van der Waals surface area contributed by atoms with E-state index < -0.39 is 23.4 Å². The summed E-state index contributed by atoms with van der Waals surface area (Å²) in [4.78, 5) is 18.1. The first kappa shape index (κ1) is 17.3. The molecule has 2 amide bonds. The van der Waals surface area contributed by atoms with Crippen molar-refractivity contribution in [3.8, 4) is 0 Å². The highest BCUT2D eigenvalue weighted by Gasteiger charge is 2.24. The maximum absolute atomic E-state index is 13.8. The molecule has 0 saturated carbocycles. The van der Waals surface area contributed by atoms with Crippen LogP contribution in [-0.4, -0.2) is 35.2 Å². The van der Waals surface area contributed by atoms with Crippen LogP contribution in [0.25, 0.3) is 0 Å². The molecular weight excluding hydrogens is 328 g/mol. The molecule has 1 aromatic carbocycles. The second-order valence-electron chi connectivity index (χ2n) is 5.90. The van der Waals surface area contributed by atoms with Crippen molar-refractivity contribution in [2.24, 2.45) is 0 Å². The molecular formula is C18H19F2N3O2. The van der Waals surface area contributed by atoms with Crippen LogP contribution in [0, 0.1) is 11.6 Å². The number of para-hydroxylation sites is 1. The van der Waals surface area contributed by atoms with Gasteiger partial charge in [0.05, 0.1) is 6.10 Å². The lowest BCUT2D eigenvalue weighted by molar-refractivity contribution is 0.0819. The maximum Gasteiger partial charge on any atom is 0.322 e. The van der Waals surface area contributed by atoms with Crippen LogP contribution in [0.2, 0.25) is 0 Å². The van der Waals surface area contributed by atoms with E-state index in [2.05, 4.69) is 10.3 Å². The molecule has 1 aliphatic heterocycles. The molecule has 1 fully saturated rings. The number of amides is 2. The number of carbonyl (C=O) groups excluding carboxylic acids is 1. The summed E-state index contributed by atoms with van der Waals surface area (Å²) >= 11 is 0. The summed E-state index contributed by atoms with van der Waals surface area (Å²) in [5.74, 6) is -1.63. The Labute approximate surface area is 144 Å². The summed E-state index contributed by atoms with van der Waals surface area (Å²) < 4.78 is 33.2. The average Bonchev–Trinajstić information content (AvgIpc) is 3.11. The van der Waals surface area contributed by atoms with Gasteiger partial charge >= 0.3 is 6.03 Å². The lowest BCUT2D eigenvalue weighted by Crippen LogP contribution is -2.40. The number of hydrogen-bond acceptors (Lipinski definition) is 3. The highest BCUT2D eigenvalue weighted by molar-refractivity contribution is 5.89. The summed E-state index contributed by atoms with van der Waals surface area (Å²) in [6.45, 7) is 1.28. The first-order valence-electron chi connectivity index (χ1n) is 8.14. The molecule has 0 radical (unpaired) electrons. The van der Waals surface area contributed by atoms with Gasteiger partial charge in [0.1, 0.15) is 17.3 Å². The predicted octanol–water partition coefficient (Wildman–Crippen LogP) is 3.57. The summed E-state index contributed by atoms with van der Waals surface area (Å²) in [6, 6.07) is 6.48. The largest absolute Gasteiger partial charge is 0.376 e. The van der Waals surface area contributed by atoms with Crippen molar-refractivity contribution in [2.75, 3.05) is 18.5 Å². The molecule has 25 heavy (non-hydrogen) atoms. The Morgan fingerprint density at radius 3 is 2.72 bits per heavy atom. The molecule has 7 heteroatoms. The Kier molecular flexibility index (Phi) is 5.55. The standard InChI is InChI=1S/C18H19F2N3O2/c19-15-6-1-7-16(20)17(15)22-18(24)23(12-14-5-3-9-25-14)11-13-4-2-8-21-10-13/h1-2,4,6-8,10,14H,3,5,9,11-12H2,(H,22,24). The van der Waals surface area contributed by atoms with E-state index in [4.69, 9.17) is 4.74 Å². The molecule has 1 saturated heterocycles. The predicted molar refractivity (Wildman–Crippen MR) is 89.0 cm³/mol. The number of ether oxygens (including phenoxy) is 1. The van der Waals surface area contributed by atoms with Crippen LogP contribution in [-0.2, 0) is 11.3 Å². The Morgan fingerprint density at radius 2 is 2.08 bits per heavy atom. The molecule has 1 aromatic heterocycles. The summed E-state index contributed by atoms with van der Waals surface area (Å²) in [5.41, 5.74) is 0.376. The van der Waals surface area contributed by atoms with E-state index in [-0.39, 0.29) is 12.6 Å². The van der Waals surface area contributed by atoms with E-state index in [1.807, 2.05) is 6.07 Å².